The molecule has 0 amide bonds. The normalized spacial score (nSPS) is 19.5. The highest BCUT2D eigenvalue weighted by Crippen LogP contribution is 2.65. The third kappa shape index (κ3) is 13.2. The van der Waals surface area contributed by atoms with Crippen LogP contribution in [0.25, 0.3) is 0 Å². The van der Waals surface area contributed by atoms with Crippen molar-refractivity contribution in [3.8, 4) is 0 Å². The summed E-state index contributed by atoms with van der Waals surface area (Å²) in [6, 6.07) is 9.13. The Hall–Kier alpha value is -2.80. The lowest BCUT2D eigenvalue weighted by Crippen LogP contribution is -2.38. The maximum Gasteiger partial charge on any atom is 0.0502 e. The van der Waals surface area contributed by atoms with Crippen LogP contribution in [0.1, 0.15) is 125 Å². The fourth-order valence-corrected chi connectivity index (χ4v) is 7.48. The second kappa shape index (κ2) is 20.0. The maximum atomic E-state index is 4.77. The van der Waals surface area contributed by atoms with Gasteiger partial charge in [-0.05, 0) is 116 Å². The van der Waals surface area contributed by atoms with Crippen molar-refractivity contribution in [3.63, 3.8) is 0 Å². The van der Waals surface area contributed by atoms with Gasteiger partial charge >= 0.3 is 0 Å². The van der Waals surface area contributed by atoms with Gasteiger partial charge in [-0.25, -0.2) is 0 Å². The number of rotatable bonds is 17. The molecule has 1 aromatic carbocycles. The van der Waals surface area contributed by atoms with Crippen molar-refractivity contribution in [1.29, 1.82) is 0 Å². The third-order valence-electron chi connectivity index (χ3n) is 11.0. The summed E-state index contributed by atoms with van der Waals surface area (Å²) in [6.45, 7) is 52.2. The van der Waals surface area contributed by atoms with Crippen molar-refractivity contribution in [2.75, 3.05) is 0 Å². The molecule has 0 radical (unpaired) electrons. The quantitative estimate of drug-likeness (QED) is 0.130. The topological polar surface area (TPSA) is 12.0 Å². The van der Waals surface area contributed by atoms with E-state index < -0.39 is 0 Å². The highest BCUT2D eigenvalue weighted by molar-refractivity contribution is 5.35. The first-order valence-corrected chi connectivity index (χ1v) is 18.8. The molecule has 1 fully saturated rings. The molecule has 3 rings (SSSR count). The molecule has 1 heteroatoms. The minimum absolute atomic E-state index is 0.221. The van der Waals surface area contributed by atoms with Crippen LogP contribution in [-0.2, 0) is 12.8 Å². The SMILES string of the molecule is C=CCC.C=CCCC(CC(=C)C(CC(=C)C(NC(=C)C)C1Cc2ccccc2C1)C1C(CC)C1(C)C)C(=C)C(=C)C.CCC(C)(C)C. The van der Waals surface area contributed by atoms with Crippen molar-refractivity contribution in [2.45, 2.75) is 133 Å². The van der Waals surface area contributed by atoms with Gasteiger partial charge in [0.2, 0.25) is 0 Å². The minimum Gasteiger partial charge on any atom is -0.382 e. The van der Waals surface area contributed by atoms with E-state index in [1.54, 1.807) is 0 Å². The zero-order chi connectivity index (χ0) is 36.8. The number of benzene rings is 1. The third-order valence-corrected chi connectivity index (χ3v) is 11.0. The van der Waals surface area contributed by atoms with E-state index in [0.29, 0.717) is 34.5 Å². The van der Waals surface area contributed by atoms with Crippen LogP contribution in [0.2, 0.25) is 0 Å². The van der Waals surface area contributed by atoms with Crippen LogP contribution in [0.4, 0.5) is 0 Å². The fourth-order valence-electron chi connectivity index (χ4n) is 7.48. The van der Waals surface area contributed by atoms with Gasteiger partial charge in [0.25, 0.3) is 0 Å². The summed E-state index contributed by atoms with van der Waals surface area (Å²) in [6.07, 6.45) is 13.6. The molecule has 1 saturated carbocycles. The Balaban J connectivity index is 0.00000100. The van der Waals surface area contributed by atoms with E-state index in [1.165, 1.54) is 40.7 Å². The summed E-state index contributed by atoms with van der Waals surface area (Å²) in [5.74, 6) is 2.66. The van der Waals surface area contributed by atoms with E-state index in [2.05, 4.69) is 132 Å². The van der Waals surface area contributed by atoms with Crippen molar-refractivity contribution < 1.29 is 0 Å². The van der Waals surface area contributed by atoms with Crippen LogP contribution < -0.4 is 5.32 Å². The first-order chi connectivity index (χ1) is 22.4. The van der Waals surface area contributed by atoms with Gasteiger partial charge in [0.1, 0.15) is 0 Å². The Morgan fingerprint density at radius 1 is 0.896 bits per heavy atom. The van der Waals surface area contributed by atoms with Gasteiger partial charge in [-0.15, -0.1) is 13.2 Å². The Kier molecular flexibility index (Phi) is 18.0. The van der Waals surface area contributed by atoms with Gasteiger partial charge in [0.15, 0.2) is 0 Å². The monoisotopic (exact) mass is 654 g/mol. The minimum atomic E-state index is 0.221. The molecule has 48 heavy (non-hydrogen) atoms. The number of hydrogen-bond donors (Lipinski definition) is 1. The molecular weight excluding hydrogens is 579 g/mol. The summed E-state index contributed by atoms with van der Waals surface area (Å²) < 4.78 is 0. The first-order valence-electron chi connectivity index (χ1n) is 18.8. The number of allylic oxidation sites excluding steroid dienone is 6. The molecule has 1 aromatic rings. The number of fused-ring (bicyclic) bond motifs is 1. The lowest BCUT2D eigenvalue weighted by Gasteiger charge is -2.32. The first kappa shape index (κ1) is 43.2. The summed E-state index contributed by atoms with van der Waals surface area (Å²) in [4.78, 5) is 0. The zero-order valence-electron chi connectivity index (χ0n) is 33.2. The van der Waals surface area contributed by atoms with Crippen molar-refractivity contribution in [3.05, 3.63) is 122 Å². The Morgan fingerprint density at radius 3 is 1.79 bits per heavy atom. The zero-order valence-corrected chi connectivity index (χ0v) is 33.2. The van der Waals surface area contributed by atoms with Gasteiger partial charge in [0.05, 0.1) is 6.04 Å². The van der Waals surface area contributed by atoms with Crippen LogP contribution in [0.3, 0.4) is 0 Å². The molecular formula is C47H75N. The number of hydrogen-bond acceptors (Lipinski definition) is 1. The highest BCUT2D eigenvalue weighted by atomic mass is 14.9. The molecule has 1 N–H and O–H groups in total. The van der Waals surface area contributed by atoms with Crippen molar-refractivity contribution in [1.82, 2.24) is 5.32 Å². The van der Waals surface area contributed by atoms with Crippen LogP contribution in [0.5, 0.6) is 0 Å². The average Bonchev–Trinajstić information content (AvgIpc) is 3.34. The van der Waals surface area contributed by atoms with Gasteiger partial charge in [-0.1, -0.05) is 154 Å². The molecule has 0 aliphatic heterocycles. The van der Waals surface area contributed by atoms with E-state index in [-0.39, 0.29) is 6.04 Å². The summed E-state index contributed by atoms with van der Waals surface area (Å²) in [5.41, 5.74) is 9.77. The van der Waals surface area contributed by atoms with Crippen LogP contribution in [0.15, 0.2) is 110 Å². The second-order valence-electron chi connectivity index (χ2n) is 16.5. The molecule has 5 atom stereocenters. The molecule has 268 valence electrons. The van der Waals surface area contributed by atoms with E-state index in [1.807, 2.05) is 12.2 Å². The van der Waals surface area contributed by atoms with Crippen LogP contribution >= 0.6 is 0 Å². The smallest absolute Gasteiger partial charge is 0.0502 e. The molecule has 0 heterocycles. The van der Waals surface area contributed by atoms with Crippen molar-refractivity contribution in [2.24, 2.45) is 40.4 Å². The standard InChI is InChI=1S/C37H53N.C6H14.C4H8/c1-12-14-17-29(28(9)24(3)4)20-26(7)33(35-34(13-2)37(35,10)11)21-27(8)36(38-25(5)6)32-22-30-18-15-16-19-31(30)23-32;1-5-6(2,3)4;1-3-4-2/h12,15-16,18-19,29,32-36,38H,1,3,5,7-9,13-14,17,20-23H2,2,4,6,10-11H3;5H2,1-4H3;3H,1,4H2,2H3. The predicted molar refractivity (Wildman–Crippen MR) is 218 cm³/mol. The van der Waals surface area contributed by atoms with Gasteiger partial charge in [0, 0.05) is 5.70 Å². The average molecular weight is 654 g/mol. The molecule has 2 aliphatic rings. The molecule has 0 spiro atoms. The molecule has 1 nitrogen and oxygen atoms in total. The largest absolute Gasteiger partial charge is 0.382 e. The second-order valence-corrected chi connectivity index (χ2v) is 16.5. The molecule has 5 unspecified atom stereocenters. The lowest BCUT2D eigenvalue weighted by atomic mass is 9.76. The summed E-state index contributed by atoms with van der Waals surface area (Å²) in [5, 5.41) is 3.75. The van der Waals surface area contributed by atoms with Gasteiger partial charge in [-0.2, -0.15) is 0 Å². The van der Waals surface area contributed by atoms with E-state index in [0.717, 1.165) is 62.1 Å². The van der Waals surface area contributed by atoms with Gasteiger partial charge < -0.3 is 5.32 Å². The summed E-state index contributed by atoms with van der Waals surface area (Å²) >= 11 is 0. The fraction of sp³-hybridized carbons (Fsp3) is 0.574. The molecule has 0 saturated heterocycles. The van der Waals surface area contributed by atoms with Crippen molar-refractivity contribution >= 4 is 0 Å². The van der Waals surface area contributed by atoms with E-state index in [4.69, 9.17) is 13.2 Å². The van der Waals surface area contributed by atoms with E-state index >= 15 is 0 Å². The maximum absolute atomic E-state index is 4.77. The van der Waals surface area contributed by atoms with Gasteiger partial charge in [-0.3, -0.25) is 0 Å². The molecule has 0 aromatic heterocycles. The van der Waals surface area contributed by atoms with Crippen LogP contribution in [-0.4, -0.2) is 6.04 Å². The van der Waals surface area contributed by atoms with E-state index in [9.17, 15) is 0 Å². The summed E-state index contributed by atoms with van der Waals surface area (Å²) in [7, 11) is 0. The molecule has 0 bridgehead atoms. The highest BCUT2D eigenvalue weighted by Gasteiger charge is 2.59. The molecule has 2 aliphatic carbocycles. The Bertz CT molecular complexity index is 1220. The Morgan fingerprint density at radius 2 is 1.42 bits per heavy atom. The number of nitrogens with one attached hydrogen (secondary N) is 1. The van der Waals surface area contributed by atoms with Crippen LogP contribution in [0, 0.1) is 40.4 Å². The Labute approximate surface area is 299 Å². The lowest BCUT2D eigenvalue weighted by molar-refractivity contribution is 0.375. The predicted octanol–water partition coefficient (Wildman–Crippen LogP) is 13.8.